The van der Waals surface area contributed by atoms with Crippen molar-refractivity contribution in [3.63, 3.8) is 0 Å². The van der Waals surface area contributed by atoms with Crippen molar-refractivity contribution >= 4 is 11.0 Å². The molecular weight excluding hydrogens is 563 g/mol. The molecule has 1 saturated heterocycles. The van der Waals surface area contributed by atoms with Gasteiger partial charge in [0.1, 0.15) is 23.6 Å². The van der Waals surface area contributed by atoms with Gasteiger partial charge >= 0.3 is 6.18 Å². The van der Waals surface area contributed by atoms with E-state index in [2.05, 4.69) is 41.0 Å². The van der Waals surface area contributed by atoms with E-state index in [1.807, 2.05) is 23.1 Å². The summed E-state index contributed by atoms with van der Waals surface area (Å²) in [4.78, 5) is 21.5. The fraction of sp³-hybridized carbons (Fsp3) is 0.517. The first-order valence-electron chi connectivity index (χ1n) is 14.4. The summed E-state index contributed by atoms with van der Waals surface area (Å²) in [6.45, 7) is 1.09. The second-order valence-electron chi connectivity index (χ2n) is 12.0. The number of ether oxygens (including phenoxy) is 1. The van der Waals surface area contributed by atoms with Crippen LogP contribution in [0.3, 0.4) is 0 Å². The van der Waals surface area contributed by atoms with Gasteiger partial charge in [0.25, 0.3) is 0 Å². The molecule has 11 nitrogen and oxygen atoms in total. The molecule has 0 unspecified atom stereocenters. The lowest BCUT2D eigenvalue weighted by atomic mass is 9.82. The molecule has 0 spiro atoms. The van der Waals surface area contributed by atoms with E-state index in [-0.39, 0.29) is 30.3 Å². The molecule has 2 N–H and O–H groups in total. The molecule has 0 aromatic carbocycles. The van der Waals surface area contributed by atoms with E-state index >= 15 is 0 Å². The number of aliphatic hydroxyl groups excluding tert-OH is 1. The lowest BCUT2D eigenvalue weighted by molar-refractivity contribution is -0.145. The normalized spacial score (nSPS) is 23.0. The minimum absolute atomic E-state index is 0.0902. The van der Waals surface area contributed by atoms with Crippen molar-refractivity contribution in [2.75, 3.05) is 19.7 Å². The second kappa shape index (κ2) is 10.3. The van der Waals surface area contributed by atoms with Gasteiger partial charge in [-0.3, -0.25) is 9.58 Å². The predicted molar refractivity (Wildman–Crippen MR) is 147 cm³/mol. The average Bonchev–Trinajstić information content (AvgIpc) is 3.36. The maximum atomic E-state index is 13.5. The standard InChI is InChI=1S/C29H30F3N9O2/c30-29(31,32)26-38-22(27(16-42)6-7-27)11-23(39-26)43-20-3-1-19(2-4-20)40-14-28(15-40,8-9-33)41-13-18(12-37-41)24-21-5-10-34-25(21)36-17-35-24/h5,10-13,17,19-20,42H,1-4,6-8,14-16H2,(H,34,35,36). The molecule has 3 fully saturated rings. The number of H-pyrrole nitrogens is 1. The van der Waals surface area contributed by atoms with Gasteiger partial charge in [0.15, 0.2) is 0 Å². The molecule has 5 heterocycles. The molecule has 2 aliphatic carbocycles. The molecular formula is C29H30F3N9O2. The molecule has 14 heteroatoms. The zero-order valence-corrected chi connectivity index (χ0v) is 23.3. The Hall–Kier alpha value is -4.09. The number of aliphatic hydroxyl groups is 1. The second-order valence-corrected chi connectivity index (χ2v) is 12.0. The van der Waals surface area contributed by atoms with Gasteiger partial charge in [-0.05, 0) is 44.6 Å². The Labute approximate surface area is 244 Å². The molecule has 4 aromatic rings. The van der Waals surface area contributed by atoms with Gasteiger partial charge in [-0.2, -0.15) is 28.5 Å². The highest BCUT2D eigenvalue weighted by molar-refractivity contribution is 5.90. The van der Waals surface area contributed by atoms with Gasteiger partial charge in [0, 0.05) is 54.0 Å². The van der Waals surface area contributed by atoms with Crippen molar-refractivity contribution in [1.82, 2.24) is 39.6 Å². The third-order valence-corrected chi connectivity index (χ3v) is 9.20. The molecule has 0 atom stereocenters. The maximum Gasteiger partial charge on any atom is 0.451 e. The highest BCUT2D eigenvalue weighted by Crippen LogP contribution is 2.48. The van der Waals surface area contributed by atoms with Crippen LogP contribution in [0.15, 0.2) is 37.1 Å². The van der Waals surface area contributed by atoms with E-state index in [4.69, 9.17) is 4.74 Å². The van der Waals surface area contributed by atoms with E-state index in [0.29, 0.717) is 45.2 Å². The number of nitrogens with one attached hydrogen (secondary N) is 1. The number of alkyl halides is 3. The van der Waals surface area contributed by atoms with E-state index < -0.39 is 23.0 Å². The first kappa shape index (κ1) is 27.7. The highest BCUT2D eigenvalue weighted by atomic mass is 19.4. The Morgan fingerprint density at radius 2 is 1.93 bits per heavy atom. The number of hydrogen-bond donors (Lipinski definition) is 2. The monoisotopic (exact) mass is 593 g/mol. The van der Waals surface area contributed by atoms with Crippen molar-refractivity contribution in [2.45, 2.75) is 74.2 Å². The summed E-state index contributed by atoms with van der Waals surface area (Å²) >= 11 is 0. The van der Waals surface area contributed by atoms with Crippen LogP contribution in [-0.2, 0) is 17.1 Å². The fourth-order valence-corrected chi connectivity index (χ4v) is 6.49. The summed E-state index contributed by atoms with van der Waals surface area (Å²) in [5.74, 6) is -1.32. The highest BCUT2D eigenvalue weighted by Gasteiger charge is 2.49. The number of fused-ring (bicyclic) bond motifs is 1. The van der Waals surface area contributed by atoms with Crippen LogP contribution in [0.2, 0.25) is 0 Å². The van der Waals surface area contributed by atoms with E-state index in [0.717, 1.165) is 35.1 Å². The van der Waals surface area contributed by atoms with Crippen molar-refractivity contribution in [1.29, 1.82) is 5.26 Å². The van der Waals surface area contributed by atoms with Crippen LogP contribution < -0.4 is 4.74 Å². The number of nitriles is 1. The molecule has 43 heavy (non-hydrogen) atoms. The van der Waals surface area contributed by atoms with Crippen LogP contribution in [0.25, 0.3) is 22.3 Å². The summed E-state index contributed by atoms with van der Waals surface area (Å²) in [5, 5.41) is 24.9. The van der Waals surface area contributed by atoms with Crippen LogP contribution in [0, 0.1) is 11.3 Å². The molecule has 0 radical (unpaired) electrons. The van der Waals surface area contributed by atoms with Crippen LogP contribution in [-0.4, -0.2) is 76.5 Å². The Balaban J connectivity index is 1.00. The number of hydrogen-bond acceptors (Lipinski definition) is 9. The predicted octanol–water partition coefficient (Wildman–Crippen LogP) is 3.97. The van der Waals surface area contributed by atoms with Crippen molar-refractivity contribution < 1.29 is 23.0 Å². The van der Waals surface area contributed by atoms with Crippen LogP contribution in [0.4, 0.5) is 13.2 Å². The van der Waals surface area contributed by atoms with Crippen molar-refractivity contribution in [3.8, 4) is 23.2 Å². The van der Waals surface area contributed by atoms with E-state index in [1.54, 1.807) is 6.20 Å². The quantitative estimate of drug-likeness (QED) is 0.310. The van der Waals surface area contributed by atoms with Crippen molar-refractivity contribution in [3.05, 3.63) is 48.6 Å². The zero-order valence-electron chi connectivity index (χ0n) is 23.3. The molecule has 3 aliphatic rings. The van der Waals surface area contributed by atoms with Crippen LogP contribution in [0.5, 0.6) is 5.88 Å². The third kappa shape index (κ3) is 5.00. The number of nitrogens with zero attached hydrogens (tertiary/aromatic N) is 8. The number of aromatic amines is 1. The molecule has 0 bridgehead atoms. The number of halogens is 3. The maximum absolute atomic E-state index is 13.5. The topological polar surface area (TPSA) is 142 Å². The first-order valence-corrected chi connectivity index (χ1v) is 14.4. The fourth-order valence-electron chi connectivity index (χ4n) is 6.49. The smallest absolute Gasteiger partial charge is 0.451 e. The summed E-state index contributed by atoms with van der Waals surface area (Å²) in [6.07, 6.45) is 6.54. The van der Waals surface area contributed by atoms with Gasteiger partial charge in [-0.25, -0.2) is 15.0 Å². The number of aromatic nitrogens is 7. The van der Waals surface area contributed by atoms with E-state index in [9.17, 15) is 23.5 Å². The number of likely N-dealkylation sites (tertiary alicyclic amines) is 1. The van der Waals surface area contributed by atoms with Gasteiger partial charge in [-0.15, -0.1) is 0 Å². The lowest BCUT2D eigenvalue weighted by Gasteiger charge is -2.53. The molecule has 1 aliphatic heterocycles. The van der Waals surface area contributed by atoms with Crippen LogP contribution in [0.1, 0.15) is 56.5 Å². The van der Waals surface area contributed by atoms with Crippen LogP contribution >= 0.6 is 0 Å². The minimum atomic E-state index is -4.71. The van der Waals surface area contributed by atoms with Gasteiger partial charge in [0.2, 0.25) is 11.7 Å². The zero-order chi connectivity index (χ0) is 29.8. The Kier molecular flexibility index (Phi) is 6.62. The SMILES string of the molecule is N#CCC1(n2cc(-c3ncnc4[nH]ccc34)cn2)CN(C2CCC(Oc3cc(C4(CO)CC4)nc(C(F)(F)F)n3)CC2)C1. The Morgan fingerprint density at radius 3 is 2.63 bits per heavy atom. The van der Waals surface area contributed by atoms with Crippen molar-refractivity contribution in [2.24, 2.45) is 0 Å². The average molecular weight is 594 g/mol. The van der Waals surface area contributed by atoms with Gasteiger partial charge in [0.05, 0.1) is 36.7 Å². The van der Waals surface area contributed by atoms with E-state index in [1.165, 1.54) is 12.4 Å². The van der Waals surface area contributed by atoms with Gasteiger partial charge < -0.3 is 14.8 Å². The summed E-state index contributed by atoms with van der Waals surface area (Å²) in [7, 11) is 0. The Bertz CT molecular complexity index is 1680. The van der Waals surface area contributed by atoms with Gasteiger partial charge in [-0.1, -0.05) is 0 Å². The summed E-state index contributed by atoms with van der Waals surface area (Å²) in [5.41, 5.74) is 1.40. The molecule has 4 aromatic heterocycles. The molecule has 224 valence electrons. The first-order chi connectivity index (χ1) is 20.7. The largest absolute Gasteiger partial charge is 0.474 e. The molecule has 2 saturated carbocycles. The summed E-state index contributed by atoms with van der Waals surface area (Å²) < 4.78 is 48.4. The third-order valence-electron chi connectivity index (χ3n) is 9.20. The molecule has 7 rings (SSSR count). The number of rotatable bonds is 8. The summed E-state index contributed by atoms with van der Waals surface area (Å²) in [6, 6.07) is 5.99. The Morgan fingerprint density at radius 1 is 1.14 bits per heavy atom. The molecule has 0 amide bonds. The lowest BCUT2D eigenvalue weighted by Crippen LogP contribution is -2.65. The minimum Gasteiger partial charge on any atom is -0.474 e.